The van der Waals surface area contributed by atoms with Crippen LogP contribution < -0.4 is 10.6 Å². The SMILES string of the molecule is Cc1ccc(NC(=S)Nc2cccc3cnncc23)cc1. The number of fused-ring (bicyclic) bond motifs is 1. The molecule has 0 aliphatic carbocycles. The van der Waals surface area contributed by atoms with Crippen LogP contribution in [0.15, 0.2) is 54.9 Å². The fourth-order valence-corrected chi connectivity index (χ4v) is 2.28. The number of hydrogen-bond donors (Lipinski definition) is 2. The fraction of sp³-hybridized carbons (Fsp3) is 0.0625. The zero-order chi connectivity index (χ0) is 14.7. The minimum atomic E-state index is 0.545. The van der Waals surface area contributed by atoms with Gasteiger partial charge in [0, 0.05) is 22.1 Å². The first kappa shape index (κ1) is 13.5. The number of aryl methyl sites for hydroxylation is 1. The van der Waals surface area contributed by atoms with Gasteiger partial charge in [0.25, 0.3) is 0 Å². The lowest BCUT2D eigenvalue weighted by Crippen LogP contribution is -2.19. The van der Waals surface area contributed by atoms with Gasteiger partial charge in [-0.15, -0.1) is 0 Å². The Morgan fingerprint density at radius 1 is 0.952 bits per heavy atom. The van der Waals surface area contributed by atoms with Crippen LogP contribution >= 0.6 is 12.2 Å². The van der Waals surface area contributed by atoms with E-state index < -0.39 is 0 Å². The Hall–Kier alpha value is -2.53. The number of hydrogen-bond acceptors (Lipinski definition) is 3. The second-order valence-corrected chi connectivity index (χ2v) is 5.15. The monoisotopic (exact) mass is 294 g/mol. The Balaban J connectivity index is 1.79. The quantitative estimate of drug-likeness (QED) is 0.705. The molecule has 0 spiro atoms. The van der Waals surface area contributed by atoms with Crippen molar-refractivity contribution in [3.8, 4) is 0 Å². The summed E-state index contributed by atoms with van der Waals surface area (Å²) in [6.45, 7) is 2.05. The number of nitrogens with zero attached hydrogens (tertiary/aromatic N) is 2. The molecule has 3 rings (SSSR count). The molecule has 1 heterocycles. The van der Waals surface area contributed by atoms with Crippen LogP contribution in [-0.2, 0) is 0 Å². The van der Waals surface area contributed by atoms with E-state index in [2.05, 4.69) is 27.8 Å². The molecule has 2 N–H and O–H groups in total. The normalized spacial score (nSPS) is 10.3. The van der Waals surface area contributed by atoms with Crippen molar-refractivity contribution >= 4 is 39.5 Å². The molecule has 3 aromatic rings. The van der Waals surface area contributed by atoms with Crippen LogP contribution in [0.5, 0.6) is 0 Å². The van der Waals surface area contributed by atoms with Crippen molar-refractivity contribution in [1.29, 1.82) is 0 Å². The highest BCUT2D eigenvalue weighted by atomic mass is 32.1. The van der Waals surface area contributed by atoms with Gasteiger partial charge < -0.3 is 10.6 Å². The van der Waals surface area contributed by atoms with Gasteiger partial charge in [0.1, 0.15) is 0 Å². The molecule has 4 nitrogen and oxygen atoms in total. The molecule has 21 heavy (non-hydrogen) atoms. The third-order valence-electron chi connectivity index (χ3n) is 3.15. The summed E-state index contributed by atoms with van der Waals surface area (Å²) in [5.41, 5.74) is 3.08. The van der Waals surface area contributed by atoms with Gasteiger partial charge in [0.2, 0.25) is 0 Å². The predicted molar refractivity (Wildman–Crippen MR) is 90.6 cm³/mol. The molecule has 0 fully saturated rings. The van der Waals surface area contributed by atoms with Crippen LogP contribution in [0.4, 0.5) is 11.4 Å². The Bertz CT molecular complexity index is 778. The van der Waals surface area contributed by atoms with Crippen molar-refractivity contribution in [2.75, 3.05) is 10.6 Å². The molecule has 1 aromatic heterocycles. The Labute approximate surface area is 128 Å². The molecule has 2 aromatic carbocycles. The van der Waals surface area contributed by atoms with E-state index in [1.807, 2.05) is 42.5 Å². The van der Waals surface area contributed by atoms with Crippen molar-refractivity contribution in [2.45, 2.75) is 6.92 Å². The summed E-state index contributed by atoms with van der Waals surface area (Å²) in [6.07, 6.45) is 3.46. The maximum Gasteiger partial charge on any atom is 0.175 e. The first-order valence-electron chi connectivity index (χ1n) is 6.56. The highest BCUT2D eigenvalue weighted by Crippen LogP contribution is 2.21. The summed E-state index contributed by atoms with van der Waals surface area (Å²) in [4.78, 5) is 0. The molecule has 0 aliphatic rings. The van der Waals surface area contributed by atoms with Crippen molar-refractivity contribution in [3.05, 3.63) is 60.4 Å². The first-order chi connectivity index (χ1) is 10.2. The zero-order valence-corrected chi connectivity index (χ0v) is 12.3. The minimum absolute atomic E-state index is 0.545. The van der Waals surface area contributed by atoms with E-state index in [9.17, 15) is 0 Å². The highest BCUT2D eigenvalue weighted by Gasteiger charge is 2.03. The molecule has 0 atom stereocenters. The Kier molecular flexibility index (Phi) is 3.75. The van der Waals surface area contributed by atoms with Crippen LogP contribution in [0, 0.1) is 6.92 Å². The molecule has 5 heteroatoms. The van der Waals surface area contributed by atoms with E-state index in [1.54, 1.807) is 12.4 Å². The van der Waals surface area contributed by atoms with E-state index >= 15 is 0 Å². The van der Waals surface area contributed by atoms with Gasteiger partial charge in [-0.3, -0.25) is 0 Å². The summed E-state index contributed by atoms with van der Waals surface area (Å²) in [5, 5.41) is 16.7. The number of nitrogens with one attached hydrogen (secondary N) is 2. The molecule has 0 bridgehead atoms. The minimum Gasteiger partial charge on any atom is -0.332 e. The molecule has 0 unspecified atom stereocenters. The average molecular weight is 294 g/mol. The second kappa shape index (κ2) is 5.85. The van der Waals surface area contributed by atoms with Crippen molar-refractivity contribution in [1.82, 2.24) is 10.2 Å². The van der Waals surface area contributed by atoms with Crippen molar-refractivity contribution < 1.29 is 0 Å². The number of thiocarbonyl (C=S) groups is 1. The number of benzene rings is 2. The number of anilines is 2. The summed E-state index contributed by atoms with van der Waals surface area (Å²) in [5.74, 6) is 0. The molecule has 0 saturated carbocycles. The van der Waals surface area contributed by atoms with E-state index in [1.165, 1.54) is 5.56 Å². The Morgan fingerprint density at radius 2 is 1.71 bits per heavy atom. The molecule has 0 amide bonds. The van der Waals surface area contributed by atoms with Crippen LogP contribution in [0.1, 0.15) is 5.56 Å². The van der Waals surface area contributed by atoms with Gasteiger partial charge in [0.05, 0.1) is 12.4 Å². The van der Waals surface area contributed by atoms with E-state index in [-0.39, 0.29) is 0 Å². The van der Waals surface area contributed by atoms with Gasteiger partial charge in [0.15, 0.2) is 5.11 Å². The van der Waals surface area contributed by atoms with Crippen molar-refractivity contribution in [2.24, 2.45) is 0 Å². The van der Waals surface area contributed by atoms with E-state index in [4.69, 9.17) is 12.2 Å². The standard InChI is InChI=1S/C16H14N4S/c1-11-5-7-13(8-6-11)19-16(21)20-15-4-2-3-12-9-17-18-10-14(12)15/h2-10H,1H3,(H2,19,20,21). The molecular weight excluding hydrogens is 280 g/mol. The number of rotatable bonds is 2. The summed E-state index contributed by atoms with van der Waals surface area (Å²) >= 11 is 5.36. The summed E-state index contributed by atoms with van der Waals surface area (Å²) in [6, 6.07) is 14.0. The summed E-state index contributed by atoms with van der Waals surface area (Å²) in [7, 11) is 0. The fourth-order valence-electron chi connectivity index (χ4n) is 2.06. The number of aromatic nitrogens is 2. The van der Waals surface area contributed by atoms with E-state index in [0.29, 0.717) is 5.11 Å². The third kappa shape index (κ3) is 3.14. The van der Waals surface area contributed by atoms with Gasteiger partial charge in [-0.1, -0.05) is 29.8 Å². The van der Waals surface area contributed by atoms with Crippen molar-refractivity contribution in [3.63, 3.8) is 0 Å². The summed E-state index contributed by atoms with van der Waals surface area (Å²) < 4.78 is 0. The molecule has 104 valence electrons. The average Bonchev–Trinajstić information content (AvgIpc) is 2.50. The van der Waals surface area contributed by atoms with Gasteiger partial charge in [-0.2, -0.15) is 10.2 Å². The lowest BCUT2D eigenvalue weighted by molar-refractivity contribution is 1.05. The maximum atomic E-state index is 5.36. The molecule has 0 saturated heterocycles. The van der Waals surface area contributed by atoms with Gasteiger partial charge in [-0.05, 0) is 37.3 Å². The predicted octanol–water partition coefficient (Wildman–Crippen LogP) is 3.75. The van der Waals surface area contributed by atoms with E-state index in [0.717, 1.165) is 22.1 Å². The zero-order valence-electron chi connectivity index (χ0n) is 11.5. The topological polar surface area (TPSA) is 49.8 Å². The van der Waals surface area contributed by atoms with Gasteiger partial charge >= 0.3 is 0 Å². The lowest BCUT2D eigenvalue weighted by atomic mass is 10.2. The third-order valence-corrected chi connectivity index (χ3v) is 3.35. The largest absolute Gasteiger partial charge is 0.332 e. The maximum absolute atomic E-state index is 5.36. The molecular formula is C16H14N4S. The molecule has 0 aliphatic heterocycles. The second-order valence-electron chi connectivity index (χ2n) is 4.74. The molecule has 0 radical (unpaired) electrons. The lowest BCUT2D eigenvalue weighted by Gasteiger charge is -2.12. The smallest absolute Gasteiger partial charge is 0.175 e. The van der Waals surface area contributed by atoms with Gasteiger partial charge in [-0.25, -0.2) is 0 Å². The highest BCUT2D eigenvalue weighted by molar-refractivity contribution is 7.80. The van der Waals surface area contributed by atoms with Crippen LogP contribution in [-0.4, -0.2) is 15.3 Å². The van der Waals surface area contributed by atoms with Crippen LogP contribution in [0.25, 0.3) is 10.8 Å². The first-order valence-corrected chi connectivity index (χ1v) is 6.97. The Morgan fingerprint density at radius 3 is 2.52 bits per heavy atom. The van der Waals surface area contributed by atoms with Crippen LogP contribution in [0.2, 0.25) is 0 Å². The van der Waals surface area contributed by atoms with Crippen LogP contribution in [0.3, 0.4) is 0 Å².